The van der Waals surface area contributed by atoms with Crippen LogP contribution in [-0.2, 0) is 0 Å². The molecule has 1 atom stereocenters. The average molecular weight is 400 g/mol. The number of nitrogens with one attached hydrogen (secondary N) is 1. The summed E-state index contributed by atoms with van der Waals surface area (Å²) < 4.78 is 16.6. The normalized spacial score (nSPS) is 16.9. The topological polar surface area (TPSA) is 106 Å². The van der Waals surface area contributed by atoms with Crippen molar-refractivity contribution in [2.24, 2.45) is 5.73 Å². The van der Waals surface area contributed by atoms with Gasteiger partial charge in [0.15, 0.2) is 11.5 Å². The Hall–Kier alpha value is -3.92. The van der Waals surface area contributed by atoms with Crippen molar-refractivity contribution in [1.29, 1.82) is 5.26 Å². The van der Waals surface area contributed by atoms with E-state index in [-0.39, 0.29) is 18.6 Å². The van der Waals surface area contributed by atoms with Crippen LogP contribution in [0.15, 0.2) is 53.9 Å². The van der Waals surface area contributed by atoms with Gasteiger partial charge in [-0.15, -0.1) is 5.10 Å². The zero-order chi connectivity index (χ0) is 20.8. The molecule has 1 aromatic heterocycles. The molecule has 0 radical (unpaired) electrons. The van der Waals surface area contributed by atoms with Crippen LogP contribution in [0.5, 0.6) is 17.4 Å². The highest BCUT2D eigenvalue weighted by molar-refractivity contribution is 5.73. The molecule has 3 N–H and O–H groups in total. The summed E-state index contributed by atoms with van der Waals surface area (Å²) in [6.07, 6.45) is 0. The number of nitriles is 1. The molecule has 0 spiro atoms. The molecule has 5 rings (SSSR count). The molecule has 0 aliphatic carbocycles. The van der Waals surface area contributed by atoms with E-state index in [1.54, 1.807) is 0 Å². The van der Waals surface area contributed by atoms with E-state index in [0.29, 0.717) is 28.9 Å². The molecular formula is C23H20N4O3. The molecule has 2 aliphatic rings. The highest BCUT2D eigenvalue weighted by Crippen LogP contribution is 2.47. The van der Waals surface area contributed by atoms with Crippen molar-refractivity contribution in [3.05, 3.63) is 70.6 Å². The number of allylic oxidation sites excluding steroid dienone is 1. The summed E-state index contributed by atoms with van der Waals surface area (Å²) in [7, 11) is 0. The van der Waals surface area contributed by atoms with Crippen molar-refractivity contribution < 1.29 is 14.2 Å². The highest BCUT2D eigenvalue weighted by Gasteiger charge is 2.35. The van der Waals surface area contributed by atoms with Crippen LogP contribution in [0.1, 0.15) is 42.4 Å². The van der Waals surface area contributed by atoms with Crippen LogP contribution in [0, 0.1) is 11.3 Å². The van der Waals surface area contributed by atoms with Gasteiger partial charge in [-0.25, -0.2) is 0 Å². The lowest BCUT2D eigenvalue weighted by molar-refractivity contribution is 0.174. The predicted molar refractivity (Wildman–Crippen MR) is 110 cm³/mol. The Balaban J connectivity index is 1.66. The van der Waals surface area contributed by atoms with E-state index in [1.165, 1.54) is 5.56 Å². The summed E-state index contributed by atoms with van der Waals surface area (Å²) in [5.41, 5.74) is 11.0. The minimum atomic E-state index is -0.390. The van der Waals surface area contributed by atoms with Gasteiger partial charge in [-0.2, -0.15) is 5.26 Å². The van der Waals surface area contributed by atoms with Crippen LogP contribution >= 0.6 is 0 Å². The number of rotatable bonds is 3. The number of hydrogen-bond acceptors (Lipinski definition) is 6. The van der Waals surface area contributed by atoms with E-state index >= 15 is 0 Å². The zero-order valence-corrected chi connectivity index (χ0v) is 16.6. The second-order valence-corrected chi connectivity index (χ2v) is 7.63. The number of benzene rings is 2. The monoisotopic (exact) mass is 400 g/mol. The van der Waals surface area contributed by atoms with Crippen LogP contribution in [0.25, 0.3) is 11.3 Å². The Labute approximate surface area is 173 Å². The van der Waals surface area contributed by atoms with Crippen molar-refractivity contribution in [1.82, 2.24) is 10.2 Å². The van der Waals surface area contributed by atoms with E-state index in [1.807, 2.05) is 30.3 Å². The van der Waals surface area contributed by atoms with Gasteiger partial charge in [-0.3, -0.25) is 5.10 Å². The quantitative estimate of drug-likeness (QED) is 0.684. The number of aromatic nitrogens is 2. The number of fused-ring (bicyclic) bond motifs is 2. The number of nitrogens with two attached hydrogens (primary N) is 1. The molecule has 0 bridgehead atoms. The van der Waals surface area contributed by atoms with Crippen molar-refractivity contribution in [2.75, 3.05) is 6.79 Å². The van der Waals surface area contributed by atoms with Crippen molar-refractivity contribution >= 4 is 0 Å². The molecule has 3 heterocycles. The van der Waals surface area contributed by atoms with Crippen LogP contribution in [0.2, 0.25) is 0 Å². The summed E-state index contributed by atoms with van der Waals surface area (Å²) in [6, 6.07) is 16.2. The van der Waals surface area contributed by atoms with Gasteiger partial charge in [0.05, 0.1) is 17.2 Å². The first-order chi connectivity index (χ1) is 14.6. The zero-order valence-electron chi connectivity index (χ0n) is 16.6. The Morgan fingerprint density at radius 2 is 1.90 bits per heavy atom. The third-order valence-corrected chi connectivity index (χ3v) is 5.54. The summed E-state index contributed by atoms with van der Waals surface area (Å²) in [5, 5.41) is 17.2. The van der Waals surface area contributed by atoms with Crippen LogP contribution in [-0.4, -0.2) is 17.0 Å². The molecule has 7 heteroatoms. The fraction of sp³-hybridized carbons (Fsp3) is 0.217. The molecule has 2 aliphatic heterocycles. The van der Waals surface area contributed by atoms with E-state index in [9.17, 15) is 5.26 Å². The maximum atomic E-state index is 9.85. The van der Waals surface area contributed by atoms with Crippen molar-refractivity contribution in [2.45, 2.75) is 25.7 Å². The fourth-order valence-electron chi connectivity index (χ4n) is 3.92. The SMILES string of the molecule is CC(C)c1ccc([C@H]2C(C#N)=C(N)Oc3n[nH]c(-c4ccc5c(c4)OCO5)c32)cc1. The van der Waals surface area contributed by atoms with Gasteiger partial charge in [-0.05, 0) is 35.2 Å². The molecule has 0 amide bonds. The molecule has 0 unspecified atom stereocenters. The molecule has 0 saturated heterocycles. The number of H-pyrrole nitrogens is 1. The average Bonchev–Trinajstić information content (AvgIpc) is 3.38. The van der Waals surface area contributed by atoms with E-state index in [4.69, 9.17) is 19.9 Å². The first-order valence-electron chi connectivity index (χ1n) is 9.72. The Kier molecular flexibility index (Phi) is 4.14. The van der Waals surface area contributed by atoms with Crippen LogP contribution in [0.4, 0.5) is 0 Å². The van der Waals surface area contributed by atoms with Crippen LogP contribution in [0.3, 0.4) is 0 Å². The Bertz CT molecular complexity index is 1200. The summed E-state index contributed by atoms with van der Waals surface area (Å²) in [5.74, 6) is 1.84. The summed E-state index contributed by atoms with van der Waals surface area (Å²) in [4.78, 5) is 0. The first kappa shape index (κ1) is 18.1. The standard InChI is InChI=1S/C23H20N4O3/c1-12(2)13-3-5-14(6-4-13)19-16(10-24)22(25)30-23-20(19)21(26-27-23)15-7-8-17-18(9-15)29-11-28-17/h3-9,12,19H,11,25H2,1-2H3,(H,26,27)/t19-/m0/s1. The first-order valence-corrected chi connectivity index (χ1v) is 9.72. The maximum absolute atomic E-state index is 9.85. The van der Waals surface area contributed by atoms with Gasteiger partial charge < -0.3 is 19.9 Å². The lowest BCUT2D eigenvalue weighted by Gasteiger charge is -2.24. The molecule has 0 saturated carbocycles. The third kappa shape index (κ3) is 2.77. The molecule has 150 valence electrons. The highest BCUT2D eigenvalue weighted by atomic mass is 16.7. The van der Waals surface area contributed by atoms with E-state index in [0.717, 1.165) is 22.4 Å². The molecule has 7 nitrogen and oxygen atoms in total. The van der Waals surface area contributed by atoms with Gasteiger partial charge >= 0.3 is 0 Å². The van der Waals surface area contributed by atoms with Gasteiger partial charge in [0.25, 0.3) is 0 Å². The minimum Gasteiger partial charge on any atom is -0.454 e. The lowest BCUT2D eigenvalue weighted by atomic mass is 9.82. The number of hydrogen-bond donors (Lipinski definition) is 2. The van der Waals surface area contributed by atoms with Crippen molar-refractivity contribution in [3.63, 3.8) is 0 Å². The second-order valence-electron chi connectivity index (χ2n) is 7.63. The minimum absolute atomic E-state index is 0.0756. The smallest absolute Gasteiger partial charge is 0.244 e. The molecule has 30 heavy (non-hydrogen) atoms. The van der Waals surface area contributed by atoms with Crippen LogP contribution < -0.4 is 19.9 Å². The number of nitrogens with zero attached hydrogens (tertiary/aromatic N) is 2. The van der Waals surface area contributed by atoms with E-state index < -0.39 is 0 Å². The summed E-state index contributed by atoms with van der Waals surface area (Å²) >= 11 is 0. The second kappa shape index (κ2) is 6.85. The van der Waals surface area contributed by atoms with Gasteiger partial charge in [-0.1, -0.05) is 38.1 Å². The third-order valence-electron chi connectivity index (χ3n) is 5.54. The molecular weight excluding hydrogens is 380 g/mol. The van der Waals surface area contributed by atoms with E-state index in [2.05, 4.69) is 42.2 Å². The van der Waals surface area contributed by atoms with Gasteiger partial charge in [0.2, 0.25) is 18.6 Å². The molecule has 3 aromatic rings. The van der Waals surface area contributed by atoms with Crippen molar-refractivity contribution in [3.8, 4) is 34.7 Å². The fourth-order valence-corrected chi connectivity index (χ4v) is 3.92. The maximum Gasteiger partial charge on any atom is 0.244 e. The predicted octanol–water partition coefficient (Wildman–Crippen LogP) is 4.15. The number of aromatic amines is 1. The largest absolute Gasteiger partial charge is 0.454 e. The van der Waals surface area contributed by atoms with Gasteiger partial charge in [0, 0.05) is 5.56 Å². The summed E-state index contributed by atoms with van der Waals surface area (Å²) in [6.45, 7) is 4.49. The lowest BCUT2D eigenvalue weighted by Crippen LogP contribution is -2.21. The Morgan fingerprint density at radius 3 is 2.63 bits per heavy atom. The molecule has 2 aromatic carbocycles. The molecule has 0 fully saturated rings. The Morgan fingerprint density at radius 1 is 1.13 bits per heavy atom. The number of ether oxygens (including phenoxy) is 3. The van der Waals surface area contributed by atoms with Gasteiger partial charge in [0.1, 0.15) is 11.6 Å².